The summed E-state index contributed by atoms with van der Waals surface area (Å²) in [5.41, 5.74) is 4.64. The Labute approximate surface area is 165 Å². The largest absolute Gasteiger partial charge is 0.478 e. The van der Waals surface area contributed by atoms with Crippen LogP contribution in [0, 0.1) is 13.8 Å². The predicted octanol–water partition coefficient (Wildman–Crippen LogP) is 3.04. The third kappa shape index (κ3) is 3.60. The van der Waals surface area contributed by atoms with E-state index in [4.69, 9.17) is 5.11 Å². The second-order valence-corrected chi connectivity index (χ2v) is 6.82. The van der Waals surface area contributed by atoms with E-state index in [0.717, 1.165) is 5.69 Å². The number of H-pyrrole nitrogens is 1. The van der Waals surface area contributed by atoms with Crippen molar-refractivity contribution < 1.29 is 9.90 Å². The Morgan fingerprint density at radius 3 is 2.66 bits per heavy atom. The van der Waals surface area contributed by atoms with Gasteiger partial charge in [0, 0.05) is 18.4 Å². The van der Waals surface area contributed by atoms with Crippen LogP contribution < -0.4 is 10.9 Å². The second kappa shape index (κ2) is 7.23. The Kier molecular flexibility index (Phi) is 4.59. The van der Waals surface area contributed by atoms with Gasteiger partial charge in [0.25, 0.3) is 5.56 Å². The molecule has 0 fully saturated rings. The summed E-state index contributed by atoms with van der Waals surface area (Å²) >= 11 is 0. The van der Waals surface area contributed by atoms with Crippen molar-refractivity contribution in [2.75, 3.05) is 5.32 Å². The van der Waals surface area contributed by atoms with E-state index >= 15 is 0 Å². The first-order valence-corrected chi connectivity index (χ1v) is 9.04. The highest BCUT2D eigenvalue weighted by Crippen LogP contribution is 2.19. The number of aromatic carboxylic acids is 1. The molecule has 0 saturated heterocycles. The number of hydrogen-bond acceptors (Lipinski definition) is 5. The smallest absolute Gasteiger partial charge is 0.338 e. The quantitative estimate of drug-likeness (QED) is 0.484. The van der Waals surface area contributed by atoms with Crippen LogP contribution in [0.25, 0.3) is 16.9 Å². The Balaban J connectivity index is 1.63. The summed E-state index contributed by atoms with van der Waals surface area (Å²) in [6.45, 7) is 4.80. The van der Waals surface area contributed by atoms with Gasteiger partial charge >= 0.3 is 5.97 Å². The number of nitrogens with one attached hydrogen (secondary N) is 2. The maximum atomic E-state index is 12.6. The summed E-state index contributed by atoms with van der Waals surface area (Å²) in [5, 5.41) is 16.8. The zero-order valence-electron chi connectivity index (χ0n) is 15.9. The number of carboxylic acid groups (broad SMARTS) is 1. The van der Waals surface area contributed by atoms with E-state index in [1.54, 1.807) is 12.1 Å². The van der Waals surface area contributed by atoms with E-state index in [2.05, 4.69) is 46.4 Å². The predicted molar refractivity (Wildman–Crippen MR) is 110 cm³/mol. The number of hydrogen-bond donors (Lipinski definition) is 3. The van der Waals surface area contributed by atoms with Gasteiger partial charge in [-0.2, -0.15) is 5.10 Å². The standard InChI is InChI=1S/C21H19N5O3/c1-12-4-3-5-13(2)17(12)10-22-15-6-7-18-16(8-15)19(27)25-21(24-18)26-11-14(9-23-26)20(28)29/h3-9,11,22H,10H2,1-2H3,(H,28,29)(H,24,25,27). The van der Waals surface area contributed by atoms with E-state index in [0.29, 0.717) is 17.4 Å². The highest BCUT2D eigenvalue weighted by molar-refractivity contribution is 5.87. The van der Waals surface area contributed by atoms with Gasteiger partial charge in [-0.1, -0.05) is 18.2 Å². The molecule has 3 N–H and O–H groups in total. The lowest BCUT2D eigenvalue weighted by atomic mass is 10.0. The van der Waals surface area contributed by atoms with Crippen molar-refractivity contribution in [3.63, 3.8) is 0 Å². The first kappa shape index (κ1) is 18.4. The third-order valence-corrected chi connectivity index (χ3v) is 4.85. The molecule has 4 rings (SSSR count). The molecular weight excluding hydrogens is 370 g/mol. The van der Waals surface area contributed by atoms with Gasteiger partial charge in [-0.05, 0) is 48.7 Å². The Morgan fingerprint density at radius 1 is 1.21 bits per heavy atom. The molecule has 0 amide bonds. The fourth-order valence-electron chi connectivity index (χ4n) is 3.21. The minimum Gasteiger partial charge on any atom is -0.478 e. The second-order valence-electron chi connectivity index (χ2n) is 6.82. The average molecular weight is 389 g/mol. The third-order valence-electron chi connectivity index (χ3n) is 4.85. The molecule has 8 nitrogen and oxygen atoms in total. The van der Waals surface area contributed by atoms with Crippen LogP contribution in [0.15, 0.2) is 53.6 Å². The van der Waals surface area contributed by atoms with Crippen LogP contribution in [0.5, 0.6) is 0 Å². The van der Waals surface area contributed by atoms with Crippen LogP contribution in [0.3, 0.4) is 0 Å². The number of anilines is 1. The van der Waals surface area contributed by atoms with Gasteiger partial charge in [0.15, 0.2) is 0 Å². The Hall–Kier alpha value is -3.94. The average Bonchev–Trinajstić information content (AvgIpc) is 3.18. The van der Waals surface area contributed by atoms with Crippen molar-refractivity contribution in [2.24, 2.45) is 0 Å². The van der Waals surface area contributed by atoms with Crippen molar-refractivity contribution in [3.05, 3.63) is 81.4 Å². The summed E-state index contributed by atoms with van der Waals surface area (Å²) in [6.07, 6.45) is 2.50. The lowest BCUT2D eigenvalue weighted by Crippen LogP contribution is -2.14. The number of nitrogens with zero attached hydrogens (tertiary/aromatic N) is 3. The molecule has 0 atom stereocenters. The van der Waals surface area contributed by atoms with Crippen LogP contribution in [-0.2, 0) is 6.54 Å². The van der Waals surface area contributed by atoms with Crippen molar-refractivity contribution in [1.82, 2.24) is 19.7 Å². The highest BCUT2D eigenvalue weighted by atomic mass is 16.4. The monoisotopic (exact) mass is 389 g/mol. The SMILES string of the molecule is Cc1cccc(C)c1CNc1ccc2nc(-n3cc(C(=O)O)cn3)[nH]c(=O)c2c1. The molecule has 146 valence electrons. The van der Waals surface area contributed by atoms with Crippen LogP contribution in [0.4, 0.5) is 5.69 Å². The number of aromatic amines is 1. The maximum Gasteiger partial charge on any atom is 0.338 e. The molecule has 0 spiro atoms. The Bertz CT molecular complexity index is 1270. The number of fused-ring (bicyclic) bond motifs is 1. The summed E-state index contributed by atoms with van der Waals surface area (Å²) in [4.78, 5) is 30.6. The lowest BCUT2D eigenvalue weighted by Gasteiger charge is -2.12. The van der Waals surface area contributed by atoms with E-state index in [-0.39, 0.29) is 17.1 Å². The zero-order chi connectivity index (χ0) is 20.5. The minimum atomic E-state index is -1.10. The molecule has 0 aliphatic carbocycles. The molecule has 0 unspecified atom stereocenters. The van der Waals surface area contributed by atoms with Crippen LogP contribution in [0.1, 0.15) is 27.0 Å². The van der Waals surface area contributed by atoms with Crippen molar-refractivity contribution in [2.45, 2.75) is 20.4 Å². The fraction of sp³-hybridized carbons (Fsp3) is 0.143. The van der Waals surface area contributed by atoms with Gasteiger partial charge < -0.3 is 10.4 Å². The number of aryl methyl sites for hydroxylation is 2. The molecule has 29 heavy (non-hydrogen) atoms. The summed E-state index contributed by atoms with van der Waals surface area (Å²) < 4.78 is 1.23. The molecule has 2 aromatic heterocycles. The van der Waals surface area contributed by atoms with E-state index < -0.39 is 5.97 Å². The molecule has 0 aliphatic heterocycles. The first-order valence-electron chi connectivity index (χ1n) is 9.04. The molecular formula is C21H19N5O3. The Morgan fingerprint density at radius 2 is 1.97 bits per heavy atom. The highest BCUT2D eigenvalue weighted by Gasteiger charge is 2.11. The van der Waals surface area contributed by atoms with Gasteiger partial charge in [-0.15, -0.1) is 0 Å². The molecule has 0 saturated carbocycles. The number of carbonyl (C=O) groups is 1. The van der Waals surface area contributed by atoms with Crippen LogP contribution in [0.2, 0.25) is 0 Å². The lowest BCUT2D eigenvalue weighted by molar-refractivity contribution is 0.0697. The normalized spacial score (nSPS) is 11.0. The van der Waals surface area contributed by atoms with E-state index in [9.17, 15) is 9.59 Å². The summed E-state index contributed by atoms with van der Waals surface area (Å²) in [7, 11) is 0. The number of carboxylic acids is 1. The zero-order valence-corrected chi connectivity index (χ0v) is 15.9. The van der Waals surface area contributed by atoms with Crippen LogP contribution >= 0.6 is 0 Å². The van der Waals surface area contributed by atoms with Gasteiger partial charge in [0.1, 0.15) is 0 Å². The van der Waals surface area contributed by atoms with Crippen LogP contribution in [-0.4, -0.2) is 30.8 Å². The van der Waals surface area contributed by atoms with E-state index in [1.165, 1.54) is 33.8 Å². The molecule has 2 aromatic carbocycles. The fourth-order valence-corrected chi connectivity index (χ4v) is 3.21. The minimum absolute atomic E-state index is 0.0128. The molecule has 0 aliphatic rings. The van der Waals surface area contributed by atoms with Crippen molar-refractivity contribution >= 4 is 22.6 Å². The van der Waals surface area contributed by atoms with Crippen molar-refractivity contribution in [1.29, 1.82) is 0 Å². The number of rotatable bonds is 5. The maximum absolute atomic E-state index is 12.6. The summed E-state index contributed by atoms with van der Waals surface area (Å²) in [6, 6.07) is 11.5. The van der Waals surface area contributed by atoms with Gasteiger partial charge in [0.2, 0.25) is 5.95 Å². The van der Waals surface area contributed by atoms with Gasteiger partial charge in [0.05, 0.1) is 22.7 Å². The van der Waals surface area contributed by atoms with E-state index in [1.807, 2.05) is 12.1 Å². The topological polar surface area (TPSA) is 113 Å². The first-order chi connectivity index (χ1) is 13.9. The van der Waals surface area contributed by atoms with Crippen molar-refractivity contribution in [3.8, 4) is 5.95 Å². The number of aromatic nitrogens is 4. The summed E-state index contributed by atoms with van der Waals surface area (Å²) in [5.74, 6) is -0.940. The molecule has 2 heterocycles. The van der Waals surface area contributed by atoms with Gasteiger partial charge in [-0.25, -0.2) is 14.5 Å². The molecule has 0 bridgehead atoms. The number of benzene rings is 2. The molecule has 4 aromatic rings. The molecule has 0 radical (unpaired) electrons. The van der Waals surface area contributed by atoms with Gasteiger partial charge in [-0.3, -0.25) is 9.78 Å². The molecule has 8 heteroatoms.